The fourth-order valence-electron chi connectivity index (χ4n) is 1.20. The third-order valence-electron chi connectivity index (χ3n) is 1.99. The van der Waals surface area contributed by atoms with Gasteiger partial charge in [0.15, 0.2) is 0 Å². The summed E-state index contributed by atoms with van der Waals surface area (Å²) in [6.07, 6.45) is 4.91. The highest BCUT2D eigenvalue weighted by Gasteiger charge is 2.26. The molecule has 0 fully saturated rings. The van der Waals surface area contributed by atoms with Gasteiger partial charge in [-0.1, -0.05) is 47.0 Å². The Balaban J connectivity index is 1.93. The molecule has 0 amide bonds. The molecule has 2 aliphatic heterocycles. The molecule has 8 heteroatoms. The van der Waals surface area contributed by atoms with Crippen molar-refractivity contribution in [2.24, 2.45) is 0 Å². The fourth-order valence-corrected chi connectivity index (χ4v) is 10.1. The molecule has 2 aliphatic rings. The van der Waals surface area contributed by atoms with Crippen LogP contribution >= 0.6 is 82.3 Å². The van der Waals surface area contributed by atoms with E-state index < -0.39 is 0 Å². The van der Waals surface area contributed by atoms with Crippen molar-refractivity contribution in [3.05, 3.63) is 26.6 Å². The summed E-state index contributed by atoms with van der Waals surface area (Å²) >= 11 is 12.9. The van der Waals surface area contributed by atoms with Gasteiger partial charge in [-0.3, -0.25) is 0 Å². The van der Waals surface area contributed by atoms with Crippen LogP contribution in [0.5, 0.6) is 0 Å². The van der Waals surface area contributed by atoms with Gasteiger partial charge in [0, 0.05) is 12.2 Å². The van der Waals surface area contributed by atoms with Crippen molar-refractivity contribution in [1.82, 2.24) is 0 Å². The number of thioether (sulfide) groups is 7. The number of rotatable bonds is 5. The SMILES string of the molecule is CSC1=C(SC)SC(=C2SC=C(SCCC#N)S2)S1. The number of hydrogen-bond donors (Lipinski definition) is 0. The van der Waals surface area contributed by atoms with E-state index in [9.17, 15) is 0 Å². The van der Waals surface area contributed by atoms with Gasteiger partial charge in [-0.15, -0.1) is 35.3 Å². The number of nitriles is 1. The minimum Gasteiger partial charge on any atom is -0.198 e. The van der Waals surface area contributed by atoms with Crippen LogP contribution < -0.4 is 0 Å². The second kappa shape index (κ2) is 8.57. The molecule has 2 rings (SSSR count). The highest BCUT2D eigenvalue weighted by Crippen LogP contribution is 2.62. The summed E-state index contributed by atoms with van der Waals surface area (Å²) in [7, 11) is 0. The minimum atomic E-state index is 0.622. The monoisotopic (exact) mass is 381 g/mol. The lowest BCUT2D eigenvalue weighted by atomic mass is 10.6. The maximum atomic E-state index is 8.56. The predicted molar refractivity (Wildman–Crippen MR) is 102 cm³/mol. The van der Waals surface area contributed by atoms with Crippen LogP contribution in [0.25, 0.3) is 0 Å². The van der Waals surface area contributed by atoms with E-state index in [1.54, 1.807) is 11.8 Å². The van der Waals surface area contributed by atoms with Gasteiger partial charge in [0.1, 0.15) is 0 Å². The van der Waals surface area contributed by atoms with E-state index in [1.165, 1.54) is 21.2 Å². The molecule has 0 aromatic heterocycles. The topological polar surface area (TPSA) is 23.8 Å². The van der Waals surface area contributed by atoms with Crippen LogP contribution in [0.3, 0.4) is 0 Å². The lowest BCUT2D eigenvalue weighted by Gasteiger charge is -2.02. The maximum Gasteiger partial charge on any atom is 0.0717 e. The van der Waals surface area contributed by atoms with E-state index in [0.29, 0.717) is 6.42 Å². The first-order valence-corrected chi connectivity index (χ1v) is 12.0. The molecule has 0 radical (unpaired) electrons. The van der Waals surface area contributed by atoms with Gasteiger partial charge in [-0.2, -0.15) is 5.26 Å². The van der Waals surface area contributed by atoms with Crippen molar-refractivity contribution in [3.63, 3.8) is 0 Å². The Hall–Kier alpha value is 1.16. The molecule has 1 nitrogen and oxygen atoms in total. The van der Waals surface area contributed by atoms with Gasteiger partial charge in [-0.25, -0.2) is 0 Å². The summed E-state index contributed by atoms with van der Waals surface area (Å²) in [6.45, 7) is 0. The van der Waals surface area contributed by atoms with Gasteiger partial charge in [0.25, 0.3) is 0 Å². The van der Waals surface area contributed by atoms with Crippen molar-refractivity contribution in [1.29, 1.82) is 5.26 Å². The molecular weight excluding hydrogens is 371 g/mol. The van der Waals surface area contributed by atoms with Crippen molar-refractivity contribution in [2.75, 3.05) is 18.3 Å². The van der Waals surface area contributed by atoms with Crippen molar-refractivity contribution >= 4 is 82.3 Å². The minimum absolute atomic E-state index is 0.622. The molecule has 0 spiro atoms. The zero-order valence-corrected chi connectivity index (χ0v) is 16.0. The molecule has 0 aliphatic carbocycles. The molecule has 0 aromatic rings. The van der Waals surface area contributed by atoms with Crippen LogP contribution in [-0.2, 0) is 0 Å². The van der Waals surface area contributed by atoms with E-state index in [-0.39, 0.29) is 0 Å². The van der Waals surface area contributed by atoms with Gasteiger partial charge in [-0.05, 0) is 17.9 Å². The highest BCUT2D eigenvalue weighted by molar-refractivity contribution is 8.43. The summed E-state index contributed by atoms with van der Waals surface area (Å²) in [5.74, 6) is 0.892. The fraction of sp³-hybridized carbons (Fsp3) is 0.364. The molecule has 0 aromatic carbocycles. The average molecular weight is 382 g/mol. The summed E-state index contributed by atoms with van der Waals surface area (Å²) in [6, 6.07) is 2.19. The van der Waals surface area contributed by atoms with Crippen molar-refractivity contribution in [3.8, 4) is 6.07 Å². The molecule has 0 saturated heterocycles. The molecule has 0 saturated carbocycles. The Labute approximate surface area is 144 Å². The first kappa shape index (κ1) is 16.5. The number of hydrogen-bond acceptors (Lipinski definition) is 8. The zero-order valence-electron chi connectivity index (χ0n) is 10.3. The summed E-state index contributed by atoms with van der Waals surface area (Å²) in [5, 5.41) is 10.8. The van der Waals surface area contributed by atoms with Crippen LogP contribution in [-0.4, -0.2) is 18.3 Å². The normalized spacial score (nSPS) is 19.1. The molecular formula is C11H11NS7. The molecule has 19 heavy (non-hydrogen) atoms. The Bertz CT molecular complexity index is 468. The van der Waals surface area contributed by atoms with Gasteiger partial charge < -0.3 is 0 Å². The Morgan fingerprint density at radius 3 is 2.37 bits per heavy atom. The smallest absolute Gasteiger partial charge is 0.0717 e. The summed E-state index contributed by atoms with van der Waals surface area (Å²) in [4.78, 5) is 0. The van der Waals surface area contributed by atoms with E-state index in [2.05, 4.69) is 24.0 Å². The van der Waals surface area contributed by atoms with E-state index >= 15 is 0 Å². The van der Waals surface area contributed by atoms with Crippen molar-refractivity contribution in [2.45, 2.75) is 6.42 Å². The Morgan fingerprint density at radius 1 is 1.11 bits per heavy atom. The molecule has 102 valence electrons. The molecule has 0 unspecified atom stereocenters. The maximum absolute atomic E-state index is 8.56. The lowest BCUT2D eigenvalue weighted by molar-refractivity contribution is 1.24. The lowest BCUT2D eigenvalue weighted by Crippen LogP contribution is -1.74. The molecule has 0 N–H and O–H groups in total. The first-order valence-electron chi connectivity index (χ1n) is 5.25. The van der Waals surface area contributed by atoms with Crippen LogP contribution in [0.15, 0.2) is 26.6 Å². The van der Waals surface area contributed by atoms with Gasteiger partial charge >= 0.3 is 0 Å². The average Bonchev–Trinajstić information content (AvgIpc) is 3.04. The predicted octanol–water partition coefficient (Wildman–Crippen LogP) is 6.37. The van der Waals surface area contributed by atoms with Crippen molar-refractivity contribution < 1.29 is 0 Å². The highest BCUT2D eigenvalue weighted by atomic mass is 32.3. The first-order chi connectivity index (χ1) is 9.28. The van der Waals surface area contributed by atoms with Crippen LogP contribution in [0.4, 0.5) is 0 Å². The molecule has 0 atom stereocenters. The zero-order chi connectivity index (χ0) is 13.7. The van der Waals surface area contributed by atoms with Gasteiger partial charge in [0.05, 0.1) is 27.3 Å². The van der Waals surface area contributed by atoms with Gasteiger partial charge in [0.2, 0.25) is 0 Å². The second-order valence-electron chi connectivity index (χ2n) is 3.18. The summed E-state index contributed by atoms with van der Waals surface area (Å²) in [5.41, 5.74) is 0. The van der Waals surface area contributed by atoms with E-state index in [1.807, 2.05) is 70.6 Å². The molecule has 0 bridgehead atoms. The second-order valence-corrected chi connectivity index (χ2v) is 11.2. The summed E-state index contributed by atoms with van der Waals surface area (Å²) < 4.78 is 6.98. The largest absolute Gasteiger partial charge is 0.198 e. The molecule has 2 heterocycles. The van der Waals surface area contributed by atoms with E-state index in [0.717, 1.165) is 5.75 Å². The van der Waals surface area contributed by atoms with Crippen LogP contribution in [0.2, 0.25) is 0 Å². The van der Waals surface area contributed by atoms with Crippen LogP contribution in [0, 0.1) is 11.3 Å². The third-order valence-corrected chi connectivity index (χ3v) is 11.5. The van der Waals surface area contributed by atoms with E-state index in [4.69, 9.17) is 5.26 Å². The van der Waals surface area contributed by atoms with Crippen LogP contribution in [0.1, 0.15) is 6.42 Å². The standard InChI is InChI=1S/C11H11NS7/c1-13-8-9(14-2)19-11(18-8)10-16-6-7(17-10)15-5-3-4-12/h6H,3,5H2,1-2H3. The Morgan fingerprint density at radius 2 is 1.79 bits per heavy atom. The third kappa shape index (κ3) is 4.56. The Kier molecular flexibility index (Phi) is 7.45. The number of nitrogens with zero attached hydrogens (tertiary/aromatic N) is 1. The quantitative estimate of drug-likeness (QED) is 0.506.